The van der Waals surface area contributed by atoms with Crippen LogP contribution in [0, 0.1) is 5.92 Å². The third-order valence-corrected chi connectivity index (χ3v) is 4.97. The fraction of sp³-hybridized carbons (Fsp3) is 0.533. The average molecular weight is 353 g/mol. The molecule has 2 bridgehead atoms. The number of carbonyl (C=O) groups excluding carboxylic acids is 1. The van der Waals surface area contributed by atoms with Gasteiger partial charge in [0.1, 0.15) is 4.60 Å². The lowest BCUT2D eigenvalue weighted by Gasteiger charge is -2.38. The Balaban J connectivity index is 1.74. The van der Waals surface area contributed by atoms with Gasteiger partial charge in [0, 0.05) is 24.7 Å². The monoisotopic (exact) mass is 352 g/mol. The second-order valence-electron chi connectivity index (χ2n) is 5.90. The van der Waals surface area contributed by atoms with E-state index < -0.39 is 5.97 Å². The van der Waals surface area contributed by atoms with Crippen molar-refractivity contribution in [1.29, 1.82) is 0 Å². The van der Waals surface area contributed by atoms with Gasteiger partial charge in [-0.25, -0.2) is 4.98 Å². The number of aliphatic carboxylic acids is 1. The number of hydrogen-bond donors (Lipinski definition) is 1. The highest BCUT2D eigenvalue weighted by Gasteiger charge is 2.43. The summed E-state index contributed by atoms with van der Waals surface area (Å²) in [6, 6.07) is 3.92. The Bertz CT molecular complexity index is 547. The van der Waals surface area contributed by atoms with Crippen LogP contribution in [-0.4, -0.2) is 39.0 Å². The number of rotatable bonds is 3. The number of carboxylic acid groups (broad SMARTS) is 1. The van der Waals surface area contributed by atoms with Crippen molar-refractivity contribution in [2.75, 3.05) is 0 Å². The van der Waals surface area contributed by atoms with E-state index in [1.165, 1.54) is 0 Å². The maximum atomic E-state index is 12.7. The molecule has 0 aromatic carbocycles. The molecule has 0 aliphatic carbocycles. The van der Waals surface area contributed by atoms with Crippen LogP contribution in [0.5, 0.6) is 0 Å². The number of hydrogen-bond acceptors (Lipinski definition) is 3. The van der Waals surface area contributed by atoms with Gasteiger partial charge >= 0.3 is 5.97 Å². The minimum Gasteiger partial charge on any atom is -0.481 e. The van der Waals surface area contributed by atoms with Gasteiger partial charge in [-0.3, -0.25) is 9.59 Å². The number of nitrogens with zero attached hydrogens (tertiary/aromatic N) is 2. The fourth-order valence-corrected chi connectivity index (χ4v) is 3.92. The molecule has 112 valence electrons. The lowest BCUT2D eigenvalue weighted by molar-refractivity contribution is -0.138. The van der Waals surface area contributed by atoms with E-state index >= 15 is 0 Å². The summed E-state index contributed by atoms with van der Waals surface area (Å²) in [6.45, 7) is 0. The number of pyridine rings is 1. The van der Waals surface area contributed by atoms with Crippen molar-refractivity contribution >= 4 is 27.8 Å². The summed E-state index contributed by atoms with van der Waals surface area (Å²) in [4.78, 5) is 29.6. The number of aromatic nitrogens is 1. The van der Waals surface area contributed by atoms with Crippen LogP contribution in [0.25, 0.3) is 0 Å². The molecule has 2 atom stereocenters. The Morgan fingerprint density at radius 3 is 2.48 bits per heavy atom. The molecule has 2 saturated heterocycles. The zero-order chi connectivity index (χ0) is 15.0. The van der Waals surface area contributed by atoms with Crippen molar-refractivity contribution in [3.05, 3.63) is 28.5 Å². The van der Waals surface area contributed by atoms with Crippen molar-refractivity contribution in [3.8, 4) is 0 Å². The second kappa shape index (κ2) is 5.75. The van der Waals surface area contributed by atoms with E-state index in [-0.39, 0.29) is 30.3 Å². The maximum absolute atomic E-state index is 12.7. The lowest BCUT2D eigenvalue weighted by Crippen LogP contribution is -2.46. The van der Waals surface area contributed by atoms with E-state index in [0.717, 1.165) is 25.7 Å². The molecule has 2 aliphatic heterocycles. The van der Waals surface area contributed by atoms with Crippen LogP contribution in [0.1, 0.15) is 42.5 Å². The van der Waals surface area contributed by atoms with E-state index in [1.807, 2.05) is 4.90 Å². The molecule has 0 spiro atoms. The van der Waals surface area contributed by atoms with Crippen LogP contribution in [0.4, 0.5) is 0 Å². The molecule has 2 unspecified atom stereocenters. The Hall–Kier alpha value is -1.43. The first kappa shape index (κ1) is 14.5. The number of carbonyl (C=O) groups is 2. The molecule has 3 rings (SSSR count). The Morgan fingerprint density at radius 1 is 1.29 bits per heavy atom. The lowest BCUT2D eigenvalue weighted by atomic mass is 9.88. The molecule has 3 heterocycles. The van der Waals surface area contributed by atoms with Crippen molar-refractivity contribution in [1.82, 2.24) is 9.88 Å². The zero-order valence-electron chi connectivity index (χ0n) is 11.5. The molecular weight excluding hydrogens is 336 g/mol. The molecule has 2 fully saturated rings. The summed E-state index contributed by atoms with van der Waals surface area (Å²) in [5.74, 6) is -0.514. The van der Waals surface area contributed by atoms with E-state index in [4.69, 9.17) is 5.11 Å². The highest BCUT2D eigenvalue weighted by atomic mass is 79.9. The minimum absolute atomic E-state index is 0.0243. The predicted octanol–water partition coefficient (Wildman–Crippen LogP) is 2.70. The van der Waals surface area contributed by atoms with Gasteiger partial charge < -0.3 is 10.0 Å². The third kappa shape index (κ3) is 2.95. The van der Waals surface area contributed by atoms with Crippen molar-refractivity contribution in [3.63, 3.8) is 0 Å². The first-order valence-electron chi connectivity index (χ1n) is 7.20. The summed E-state index contributed by atoms with van der Waals surface area (Å²) in [6.07, 6.45) is 5.38. The topological polar surface area (TPSA) is 70.5 Å². The highest BCUT2D eigenvalue weighted by Crippen LogP contribution is 2.40. The minimum atomic E-state index is -0.740. The molecule has 1 N–H and O–H groups in total. The van der Waals surface area contributed by atoms with Gasteiger partial charge in [0.25, 0.3) is 5.91 Å². The van der Waals surface area contributed by atoms with Gasteiger partial charge in [-0.15, -0.1) is 0 Å². The second-order valence-corrected chi connectivity index (χ2v) is 6.71. The van der Waals surface area contributed by atoms with Crippen LogP contribution in [-0.2, 0) is 4.79 Å². The normalized spacial score (nSPS) is 27.7. The summed E-state index contributed by atoms with van der Waals surface area (Å²) < 4.78 is 0.710. The Morgan fingerprint density at radius 2 is 1.95 bits per heavy atom. The third-order valence-electron chi connectivity index (χ3n) is 4.50. The van der Waals surface area contributed by atoms with Crippen molar-refractivity contribution in [2.24, 2.45) is 5.92 Å². The van der Waals surface area contributed by atoms with Gasteiger partial charge in [-0.2, -0.15) is 0 Å². The fourth-order valence-electron chi connectivity index (χ4n) is 3.69. The molecule has 0 radical (unpaired) electrons. The van der Waals surface area contributed by atoms with Crippen molar-refractivity contribution in [2.45, 2.75) is 44.2 Å². The maximum Gasteiger partial charge on any atom is 0.303 e. The quantitative estimate of drug-likeness (QED) is 0.849. The molecule has 1 amide bonds. The van der Waals surface area contributed by atoms with Crippen LogP contribution in [0.2, 0.25) is 0 Å². The first-order chi connectivity index (χ1) is 10.0. The average Bonchev–Trinajstić information content (AvgIpc) is 2.70. The molecule has 6 heteroatoms. The van der Waals surface area contributed by atoms with Crippen LogP contribution >= 0.6 is 15.9 Å². The number of carboxylic acids is 1. The standard InChI is InChI=1S/C15H17BrN2O3/c16-13-4-1-10(8-17-13)15(21)18-11-2-3-12(18)6-9(5-11)7-14(19)20/h1,4,8-9,11-12H,2-3,5-7H2,(H,19,20). The molecular formula is C15H17BrN2O3. The smallest absolute Gasteiger partial charge is 0.303 e. The summed E-state index contributed by atoms with van der Waals surface area (Å²) in [7, 11) is 0. The molecule has 21 heavy (non-hydrogen) atoms. The summed E-state index contributed by atoms with van der Waals surface area (Å²) in [5, 5.41) is 8.94. The number of halogens is 1. The molecule has 2 aliphatic rings. The van der Waals surface area contributed by atoms with E-state index in [9.17, 15) is 9.59 Å². The van der Waals surface area contributed by atoms with E-state index in [2.05, 4.69) is 20.9 Å². The van der Waals surface area contributed by atoms with Gasteiger partial charge in [0.15, 0.2) is 0 Å². The van der Waals surface area contributed by atoms with E-state index in [1.54, 1.807) is 18.3 Å². The van der Waals surface area contributed by atoms with Crippen LogP contribution in [0.3, 0.4) is 0 Å². The Labute approximate surface area is 131 Å². The molecule has 1 aromatic heterocycles. The van der Waals surface area contributed by atoms with Crippen LogP contribution in [0.15, 0.2) is 22.9 Å². The van der Waals surface area contributed by atoms with Gasteiger partial charge in [-0.1, -0.05) is 0 Å². The number of fused-ring (bicyclic) bond motifs is 2. The molecule has 5 nitrogen and oxygen atoms in total. The largest absolute Gasteiger partial charge is 0.481 e. The molecule has 0 saturated carbocycles. The van der Waals surface area contributed by atoms with Crippen LogP contribution < -0.4 is 0 Å². The predicted molar refractivity (Wildman–Crippen MR) is 79.9 cm³/mol. The van der Waals surface area contributed by atoms with E-state index in [0.29, 0.717) is 10.2 Å². The first-order valence-corrected chi connectivity index (χ1v) is 8.00. The van der Waals surface area contributed by atoms with Gasteiger partial charge in [0.05, 0.1) is 5.56 Å². The SMILES string of the molecule is O=C(O)CC1CC2CCC(C1)N2C(=O)c1ccc(Br)nc1. The summed E-state index contributed by atoms with van der Waals surface area (Å²) >= 11 is 3.27. The van der Waals surface area contributed by atoms with Crippen molar-refractivity contribution < 1.29 is 14.7 Å². The number of amides is 1. The highest BCUT2D eigenvalue weighted by molar-refractivity contribution is 9.10. The zero-order valence-corrected chi connectivity index (χ0v) is 13.1. The Kier molecular flexibility index (Phi) is 3.97. The summed E-state index contributed by atoms with van der Waals surface area (Å²) in [5.41, 5.74) is 0.604. The molecule has 1 aromatic rings. The van der Waals surface area contributed by atoms with Gasteiger partial charge in [-0.05, 0) is 59.7 Å². The van der Waals surface area contributed by atoms with Gasteiger partial charge in [0.2, 0.25) is 0 Å². The number of piperidine rings is 1.